The van der Waals surface area contributed by atoms with Gasteiger partial charge in [-0.25, -0.2) is 0 Å². The van der Waals surface area contributed by atoms with Crippen molar-refractivity contribution in [3.05, 3.63) is 35.6 Å². The molecule has 1 aromatic carbocycles. The Morgan fingerprint density at radius 3 is 2.64 bits per heavy atom. The van der Waals surface area contributed by atoms with Crippen molar-refractivity contribution in [1.29, 1.82) is 0 Å². The molecule has 118 valence electrons. The Labute approximate surface area is 130 Å². The molecule has 6 heteroatoms. The number of carbonyl (C=O) groups is 1. The summed E-state index contributed by atoms with van der Waals surface area (Å²) in [5, 5.41) is 7.25. The number of fused-ring (bicyclic) bond motifs is 1. The predicted molar refractivity (Wildman–Crippen MR) is 87.8 cm³/mol. The minimum atomic E-state index is -0.0112. The molecule has 0 atom stereocenters. The number of benzene rings is 1. The van der Waals surface area contributed by atoms with Gasteiger partial charge in [-0.15, -0.1) is 0 Å². The van der Waals surface area contributed by atoms with Crippen LogP contribution < -0.4 is 10.6 Å². The van der Waals surface area contributed by atoms with Crippen molar-refractivity contribution < 1.29 is 9.21 Å². The van der Waals surface area contributed by atoms with Crippen LogP contribution in [0, 0.1) is 6.92 Å². The SMILES string of the molecule is CN=C(NCC(=O)N(C)C)NCc1oc2ccccc2c1C. The van der Waals surface area contributed by atoms with Crippen LogP contribution in [-0.2, 0) is 11.3 Å². The van der Waals surface area contributed by atoms with Crippen LogP contribution in [0.1, 0.15) is 11.3 Å². The van der Waals surface area contributed by atoms with Crippen molar-refractivity contribution in [2.45, 2.75) is 13.5 Å². The first-order valence-corrected chi connectivity index (χ1v) is 7.14. The molecule has 6 nitrogen and oxygen atoms in total. The quantitative estimate of drug-likeness (QED) is 0.663. The van der Waals surface area contributed by atoms with Crippen LogP contribution >= 0.6 is 0 Å². The third-order valence-electron chi connectivity index (χ3n) is 3.49. The summed E-state index contributed by atoms with van der Waals surface area (Å²) in [6.45, 7) is 2.75. The molecule has 0 unspecified atom stereocenters. The largest absolute Gasteiger partial charge is 0.459 e. The molecule has 0 aliphatic carbocycles. The highest BCUT2D eigenvalue weighted by atomic mass is 16.3. The number of aryl methyl sites for hydroxylation is 1. The fourth-order valence-corrected chi connectivity index (χ4v) is 2.10. The molecule has 1 amide bonds. The predicted octanol–water partition coefficient (Wildman–Crippen LogP) is 1.49. The summed E-state index contributed by atoms with van der Waals surface area (Å²) in [7, 11) is 5.11. The van der Waals surface area contributed by atoms with E-state index >= 15 is 0 Å². The Hall–Kier alpha value is -2.50. The van der Waals surface area contributed by atoms with E-state index in [0.29, 0.717) is 12.5 Å². The van der Waals surface area contributed by atoms with Crippen molar-refractivity contribution in [1.82, 2.24) is 15.5 Å². The van der Waals surface area contributed by atoms with Crippen molar-refractivity contribution in [2.24, 2.45) is 4.99 Å². The lowest BCUT2D eigenvalue weighted by atomic mass is 10.1. The second-order valence-electron chi connectivity index (χ2n) is 5.21. The molecule has 0 saturated carbocycles. The van der Waals surface area contributed by atoms with Gasteiger partial charge in [-0.2, -0.15) is 0 Å². The molecule has 0 radical (unpaired) electrons. The molecule has 2 aromatic rings. The summed E-state index contributed by atoms with van der Waals surface area (Å²) in [5.41, 5.74) is 1.99. The molecule has 1 heterocycles. The number of nitrogens with zero attached hydrogens (tertiary/aromatic N) is 2. The second-order valence-corrected chi connectivity index (χ2v) is 5.21. The van der Waals surface area contributed by atoms with Crippen LogP contribution in [0.15, 0.2) is 33.7 Å². The lowest BCUT2D eigenvalue weighted by molar-refractivity contribution is -0.127. The number of para-hydroxylation sites is 1. The molecular formula is C16H22N4O2. The van der Waals surface area contributed by atoms with Gasteiger partial charge in [0.2, 0.25) is 5.91 Å². The highest BCUT2D eigenvalue weighted by molar-refractivity contribution is 5.86. The molecule has 0 saturated heterocycles. The number of rotatable bonds is 4. The second kappa shape index (κ2) is 6.98. The summed E-state index contributed by atoms with van der Waals surface area (Å²) in [6, 6.07) is 7.94. The maximum Gasteiger partial charge on any atom is 0.241 e. The van der Waals surface area contributed by atoms with Crippen molar-refractivity contribution >= 4 is 22.8 Å². The standard InChI is InChI=1S/C16H22N4O2/c1-11-12-7-5-6-8-13(12)22-14(11)9-18-16(17-2)19-10-15(21)20(3)4/h5-8H,9-10H2,1-4H3,(H2,17,18,19). The highest BCUT2D eigenvalue weighted by Crippen LogP contribution is 2.24. The number of furan rings is 1. The van der Waals surface area contributed by atoms with E-state index in [1.165, 1.54) is 4.90 Å². The summed E-state index contributed by atoms with van der Waals surface area (Å²) < 4.78 is 5.84. The van der Waals surface area contributed by atoms with Crippen LogP contribution in [0.5, 0.6) is 0 Å². The first-order valence-electron chi connectivity index (χ1n) is 7.14. The van der Waals surface area contributed by atoms with Gasteiger partial charge in [0, 0.05) is 32.1 Å². The van der Waals surface area contributed by atoms with E-state index in [4.69, 9.17) is 4.42 Å². The highest BCUT2D eigenvalue weighted by Gasteiger charge is 2.11. The van der Waals surface area contributed by atoms with E-state index in [-0.39, 0.29) is 12.5 Å². The maximum absolute atomic E-state index is 11.6. The molecule has 2 N–H and O–H groups in total. The van der Waals surface area contributed by atoms with Crippen LogP contribution in [-0.4, -0.2) is 44.5 Å². The number of guanidine groups is 1. The number of aliphatic imine (C=N–C) groups is 1. The van der Waals surface area contributed by atoms with Gasteiger partial charge in [-0.1, -0.05) is 18.2 Å². The summed E-state index contributed by atoms with van der Waals surface area (Å²) in [4.78, 5) is 17.2. The summed E-state index contributed by atoms with van der Waals surface area (Å²) in [5.74, 6) is 1.42. The van der Waals surface area contributed by atoms with Crippen LogP contribution in [0.2, 0.25) is 0 Å². The number of carbonyl (C=O) groups excluding carboxylic acids is 1. The van der Waals surface area contributed by atoms with Crippen LogP contribution in [0.25, 0.3) is 11.0 Å². The molecule has 0 fully saturated rings. The normalized spacial score (nSPS) is 11.5. The van der Waals surface area contributed by atoms with Crippen molar-refractivity contribution in [2.75, 3.05) is 27.7 Å². The first-order chi connectivity index (χ1) is 10.5. The zero-order chi connectivity index (χ0) is 16.1. The Morgan fingerprint density at radius 1 is 1.27 bits per heavy atom. The number of amides is 1. The molecule has 1 aromatic heterocycles. The number of hydrogen-bond acceptors (Lipinski definition) is 3. The number of likely N-dealkylation sites (N-methyl/N-ethyl adjacent to an activating group) is 1. The van der Waals surface area contributed by atoms with Gasteiger partial charge < -0.3 is 20.0 Å². The third-order valence-corrected chi connectivity index (χ3v) is 3.49. The van der Waals surface area contributed by atoms with Gasteiger partial charge in [0.25, 0.3) is 0 Å². The molecule has 0 spiro atoms. The smallest absolute Gasteiger partial charge is 0.241 e. The molecule has 22 heavy (non-hydrogen) atoms. The van der Waals surface area contributed by atoms with E-state index in [1.54, 1.807) is 21.1 Å². The molecule has 0 aliphatic rings. The van der Waals surface area contributed by atoms with Gasteiger partial charge in [0.05, 0.1) is 13.1 Å². The van der Waals surface area contributed by atoms with Gasteiger partial charge in [0.1, 0.15) is 11.3 Å². The fourth-order valence-electron chi connectivity index (χ4n) is 2.10. The molecule has 0 aliphatic heterocycles. The van der Waals surface area contributed by atoms with Crippen molar-refractivity contribution in [3.63, 3.8) is 0 Å². The third kappa shape index (κ3) is 3.58. The number of hydrogen-bond donors (Lipinski definition) is 2. The Balaban J connectivity index is 1.98. The fraction of sp³-hybridized carbons (Fsp3) is 0.375. The lowest BCUT2D eigenvalue weighted by Gasteiger charge is -2.14. The lowest BCUT2D eigenvalue weighted by Crippen LogP contribution is -2.42. The van der Waals surface area contributed by atoms with Crippen LogP contribution in [0.3, 0.4) is 0 Å². The van der Waals surface area contributed by atoms with Crippen LogP contribution in [0.4, 0.5) is 0 Å². The Kier molecular flexibility index (Phi) is 5.04. The first kappa shape index (κ1) is 15.9. The zero-order valence-electron chi connectivity index (χ0n) is 13.4. The average molecular weight is 302 g/mol. The van der Waals surface area contributed by atoms with Crippen molar-refractivity contribution in [3.8, 4) is 0 Å². The van der Waals surface area contributed by atoms with Gasteiger partial charge >= 0.3 is 0 Å². The molecule has 0 bridgehead atoms. The van der Waals surface area contributed by atoms with E-state index in [1.807, 2.05) is 31.2 Å². The minimum absolute atomic E-state index is 0.0112. The molecular weight excluding hydrogens is 280 g/mol. The number of nitrogens with one attached hydrogen (secondary N) is 2. The molecule has 2 rings (SSSR count). The average Bonchev–Trinajstić information content (AvgIpc) is 2.84. The van der Waals surface area contributed by atoms with E-state index in [0.717, 1.165) is 22.3 Å². The van der Waals surface area contributed by atoms with E-state index < -0.39 is 0 Å². The van der Waals surface area contributed by atoms with Gasteiger partial charge in [-0.3, -0.25) is 9.79 Å². The Bertz CT molecular complexity index is 689. The van der Waals surface area contributed by atoms with Gasteiger partial charge in [-0.05, 0) is 13.0 Å². The minimum Gasteiger partial charge on any atom is -0.459 e. The topological polar surface area (TPSA) is 69.9 Å². The zero-order valence-corrected chi connectivity index (χ0v) is 13.4. The van der Waals surface area contributed by atoms with E-state index in [2.05, 4.69) is 15.6 Å². The summed E-state index contributed by atoms with van der Waals surface area (Å²) in [6.07, 6.45) is 0. The summed E-state index contributed by atoms with van der Waals surface area (Å²) >= 11 is 0. The Morgan fingerprint density at radius 2 is 2.00 bits per heavy atom. The monoisotopic (exact) mass is 302 g/mol. The van der Waals surface area contributed by atoms with Gasteiger partial charge in [0.15, 0.2) is 5.96 Å². The van der Waals surface area contributed by atoms with E-state index in [9.17, 15) is 4.79 Å². The maximum atomic E-state index is 11.6.